The van der Waals surface area contributed by atoms with Gasteiger partial charge in [-0.2, -0.15) is 0 Å². The van der Waals surface area contributed by atoms with E-state index in [1.165, 1.54) is 4.90 Å². The van der Waals surface area contributed by atoms with Crippen LogP contribution >= 0.6 is 0 Å². The van der Waals surface area contributed by atoms with Gasteiger partial charge in [-0.15, -0.1) is 0 Å². The number of carbonyl (C=O) groups excluding carboxylic acids is 3. The molecule has 1 amide bonds. The number of nitrogens with zero attached hydrogens (tertiary/aromatic N) is 2. The van der Waals surface area contributed by atoms with Gasteiger partial charge >= 0.3 is 0 Å². The number of rotatable bonds is 5. The first-order valence-electron chi connectivity index (χ1n) is 11.9. The molecule has 12 nitrogen and oxygen atoms in total. The van der Waals surface area contributed by atoms with Crippen molar-refractivity contribution in [2.45, 2.75) is 31.0 Å². The van der Waals surface area contributed by atoms with E-state index in [0.29, 0.717) is 16.8 Å². The number of aliphatic hydroxyl groups is 3. The van der Waals surface area contributed by atoms with Crippen LogP contribution in [0.3, 0.4) is 0 Å². The Hall–Kier alpha value is -3.45. The quantitative estimate of drug-likeness (QED) is 0.191. The van der Waals surface area contributed by atoms with Crippen molar-refractivity contribution in [3.05, 3.63) is 45.4 Å². The highest BCUT2D eigenvalue weighted by Gasteiger charge is 2.63. The van der Waals surface area contributed by atoms with Crippen molar-refractivity contribution in [2.24, 2.45) is 23.3 Å². The summed E-state index contributed by atoms with van der Waals surface area (Å²) in [4.78, 5) is 43.4. The fourth-order valence-corrected chi connectivity index (χ4v) is 6.07. The lowest BCUT2D eigenvalue weighted by atomic mass is 9.58. The highest BCUT2D eigenvalue weighted by atomic mass is 16.3. The predicted octanol–water partition coefficient (Wildman–Crippen LogP) is -0.808. The Labute approximate surface area is 213 Å². The van der Waals surface area contributed by atoms with Crippen molar-refractivity contribution < 1.29 is 34.8 Å². The third-order valence-electron chi connectivity index (χ3n) is 7.72. The van der Waals surface area contributed by atoms with Gasteiger partial charge in [0.1, 0.15) is 22.8 Å². The van der Waals surface area contributed by atoms with Crippen LogP contribution in [0.15, 0.2) is 28.7 Å². The zero-order chi connectivity index (χ0) is 27.6. The van der Waals surface area contributed by atoms with E-state index in [2.05, 4.69) is 5.32 Å². The molecule has 4 rings (SSSR count). The second-order valence-electron chi connectivity index (χ2n) is 10.2. The van der Waals surface area contributed by atoms with E-state index in [4.69, 9.17) is 11.5 Å². The molecule has 0 fully saturated rings. The highest BCUT2D eigenvalue weighted by Crippen LogP contribution is 2.53. The van der Waals surface area contributed by atoms with Crippen LogP contribution in [-0.4, -0.2) is 89.3 Å². The lowest BCUT2D eigenvalue weighted by Gasteiger charge is -2.50. The number of nitrogens with two attached hydrogens (primary N) is 2. The molecule has 3 aliphatic rings. The average Bonchev–Trinajstić information content (AvgIpc) is 2.81. The maximum Gasteiger partial charge on any atom is 0.259 e. The number of hydrogen-bond donors (Lipinski definition) is 7. The largest absolute Gasteiger partial charge is 0.510 e. The summed E-state index contributed by atoms with van der Waals surface area (Å²) in [6.07, 6.45) is 0.260. The van der Waals surface area contributed by atoms with Crippen molar-refractivity contribution in [1.82, 2.24) is 10.2 Å². The van der Waals surface area contributed by atoms with E-state index in [0.717, 1.165) is 0 Å². The number of ketones is 2. The van der Waals surface area contributed by atoms with Crippen LogP contribution in [0, 0.1) is 11.8 Å². The van der Waals surface area contributed by atoms with Crippen molar-refractivity contribution in [3.63, 3.8) is 0 Å². The van der Waals surface area contributed by atoms with Gasteiger partial charge < -0.3 is 42.1 Å². The molecule has 37 heavy (non-hydrogen) atoms. The second kappa shape index (κ2) is 9.14. The molecule has 0 saturated carbocycles. The molecule has 200 valence electrons. The summed E-state index contributed by atoms with van der Waals surface area (Å²) in [6, 6.07) is 0.682. The maximum atomic E-state index is 13.8. The maximum absolute atomic E-state index is 13.8. The van der Waals surface area contributed by atoms with Crippen LogP contribution in [0.25, 0.3) is 0 Å². The number of Topliss-reactive ketones (excluding diaryl/α,β-unsaturated/α-hetero) is 2. The van der Waals surface area contributed by atoms with E-state index < -0.39 is 58.0 Å². The van der Waals surface area contributed by atoms with Gasteiger partial charge in [0.2, 0.25) is 5.78 Å². The molecule has 0 spiro atoms. The number of aliphatic hydroxyl groups excluding tert-OH is 2. The molecule has 1 aromatic carbocycles. The Morgan fingerprint density at radius 2 is 1.81 bits per heavy atom. The van der Waals surface area contributed by atoms with E-state index in [1.807, 2.05) is 0 Å². The van der Waals surface area contributed by atoms with Gasteiger partial charge in [-0.3, -0.25) is 19.3 Å². The number of likely N-dealkylation sites (N-methyl/N-ethyl adjacent to an activating group) is 1. The standard InChI is InChI=1S/C25H33N5O7/c1-29(2)14-7-11(8-26)19(31)16-12(14)5-10-6-13-18(30(3)4)21(33)17(24(36)28-9-27)23(35)25(13,37)22(34)15(10)20(16)32/h7,10,13,18,31,33-34,37H,5-6,8-9,26-27H2,1-4H3,(H,28,36)/t10?,13?,18-,25-/m0/s1. The number of anilines is 1. The lowest BCUT2D eigenvalue weighted by molar-refractivity contribution is -0.148. The van der Waals surface area contributed by atoms with Crippen molar-refractivity contribution in [1.29, 1.82) is 0 Å². The Balaban J connectivity index is 1.97. The van der Waals surface area contributed by atoms with E-state index in [1.54, 1.807) is 39.2 Å². The van der Waals surface area contributed by atoms with E-state index in [-0.39, 0.29) is 42.9 Å². The molecule has 12 heteroatoms. The third-order valence-corrected chi connectivity index (χ3v) is 7.72. The van der Waals surface area contributed by atoms with Gasteiger partial charge in [-0.05, 0) is 44.5 Å². The Morgan fingerprint density at radius 3 is 2.35 bits per heavy atom. The minimum atomic E-state index is -2.66. The van der Waals surface area contributed by atoms with Gasteiger partial charge in [-0.25, -0.2) is 0 Å². The number of phenols is 1. The number of allylic oxidation sites excluding steroid dienone is 1. The van der Waals surface area contributed by atoms with Crippen LogP contribution in [0.5, 0.6) is 5.75 Å². The number of carbonyl (C=O) groups is 3. The Kier molecular flexibility index (Phi) is 6.57. The second-order valence-corrected chi connectivity index (χ2v) is 10.2. The third kappa shape index (κ3) is 3.62. The lowest BCUT2D eigenvalue weighted by Crippen LogP contribution is -2.64. The average molecular weight is 516 g/mol. The molecular formula is C25H33N5O7. The summed E-state index contributed by atoms with van der Waals surface area (Å²) in [5, 5.41) is 47.4. The molecule has 4 atom stereocenters. The zero-order valence-corrected chi connectivity index (χ0v) is 21.2. The van der Waals surface area contributed by atoms with Crippen LogP contribution < -0.4 is 21.7 Å². The fraction of sp³-hybridized carbons (Fsp3) is 0.480. The first kappa shape index (κ1) is 26.6. The molecule has 0 saturated heterocycles. The summed E-state index contributed by atoms with van der Waals surface area (Å²) in [6.45, 7) is -0.376. The monoisotopic (exact) mass is 515 g/mol. The number of nitrogens with one attached hydrogen (secondary N) is 1. The van der Waals surface area contributed by atoms with Crippen molar-refractivity contribution in [2.75, 3.05) is 39.8 Å². The van der Waals surface area contributed by atoms with Crippen molar-refractivity contribution >= 4 is 23.2 Å². The van der Waals surface area contributed by atoms with Gasteiger partial charge in [-0.1, -0.05) is 0 Å². The minimum absolute atomic E-state index is 0.0395. The minimum Gasteiger partial charge on any atom is -0.510 e. The van der Waals surface area contributed by atoms with Crippen LogP contribution in [0.2, 0.25) is 0 Å². The number of fused-ring (bicyclic) bond motifs is 3. The molecule has 0 aromatic heterocycles. The molecule has 0 aliphatic heterocycles. The van der Waals surface area contributed by atoms with Crippen LogP contribution in [0.4, 0.5) is 5.69 Å². The topological polar surface area (TPSA) is 203 Å². The normalized spacial score (nSPS) is 27.2. The first-order valence-corrected chi connectivity index (χ1v) is 11.9. The summed E-state index contributed by atoms with van der Waals surface area (Å²) in [7, 11) is 6.78. The fourth-order valence-electron chi connectivity index (χ4n) is 6.07. The summed E-state index contributed by atoms with van der Waals surface area (Å²) < 4.78 is 0. The molecule has 9 N–H and O–H groups in total. The van der Waals surface area contributed by atoms with Gasteiger partial charge in [0.05, 0.1) is 18.3 Å². The molecule has 1 aromatic rings. The Morgan fingerprint density at radius 1 is 1.16 bits per heavy atom. The van der Waals surface area contributed by atoms with Gasteiger partial charge in [0.15, 0.2) is 11.4 Å². The number of phenolic OH excluding ortho intramolecular Hbond substituents is 1. The molecular weight excluding hydrogens is 482 g/mol. The number of hydrogen-bond acceptors (Lipinski definition) is 11. The summed E-state index contributed by atoms with van der Waals surface area (Å²) >= 11 is 0. The highest BCUT2D eigenvalue weighted by molar-refractivity contribution is 6.25. The summed E-state index contributed by atoms with van der Waals surface area (Å²) in [5.74, 6) is -6.42. The molecule has 3 aliphatic carbocycles. The van der Waals surface area contributed by atoms with Crippen LogP contribution in [-0.2, 0) is 22.6 Å². The van der Waals surface area contributed by atoms with Gasteiger partial charge in [0.25, 0.3) is 5.91 Å². The molecule has 0 heterocycles. The Bertz CT molecular complexity index is 1270. The molecule has 0 bridgehead atoms. The number of benzene rings is 1. The number of amides is 1. The number of aromatic hydroxyl groups is 1. The molecule has 0 radical (unpaired) electrons. The smallest absolute Gasteiger partial charge is 0.259 e. The van der Waals surface area contributed by atoms with Crippen molar-refractivity contribution in [3.8, 4) is 5.75 Å². The molecule has 2 unspecified atom stereocenters. The first-order chi connectivity index (χ1) is 17.3. The van der Waals surface area contributed by atoms with E-state index in [9.17, 15) is 34.8 Å². The SMILES string of the molecule is CN(C)c1cc(CN)c(O)c2c1CC1CC3[C@H](N(C)C)C(O)=C(C(=O)NCN)C(=O)[C@@]3(O)C(O)=C1C2=O. The summed E-state index contributed by atoms with van der Waals surface area (Å²) in [5.41, 5.74) is 9.09. The van der Waals surface area contributed by atoms with E-state index >= 15 is 0 Å². The zero-order valence-electron chi connectivity index (χ0n) is 21.2. The predicted molar refractivity (Wildman–Crippen MR) is 134 cm³/mol. The van der Waals surface area contributed by atoms with Gasteiger partial charge in [0, 0.05) is 43.4 Å². The van der Waals surface area contributed by atoms with Crippen LogP contribution in [0.1, 0.15) is 27.9 Å².